The zero-order chi connectivity index (χ0) is 16.8. The minimum absolute atomic E-state index is 0.111. The van der Waals surface area contributed by atoms with Gasteiger partial charge in [0.2, 0.25) is 5.88 Å². The molecule has 1 fully saturated rings. The summed E-state index contributed by atoms with van der Waals surface area (Å²) in [4.78, 5) is 15.9. The second kappa shape index (κ2) is 5.58. The van der Waals surface area contributed by atoms with Crippen LogP contribution in [0.1, 0.15) is 40.9 Å². The van der Waals surface area contributed by atoms with Crippen molar-refractivity contribution in [2.24, 2.45) is 11.7 Å². The van der Waals surface area contributed by atoms with E-state index in [0.717, 1.165) is 24.0 Å². The van der Waals surface area contributed by atoms with E-state index in [1.54, 1.807) is 12.1 Å². The zero-order valence-corrected chi connectivity index (χ0v) is 13.5. The van der Waals surface area contributed by atoms with Gasteiger partial charge in [-0.3, -0.25) is 4.79 Å². The fourth-order valence-corrected chi connectivity index (χ4v) is 3.38. The topological polar surface area (TPSA) is 65.2 Å². The summed E-state index contributed by atoms with van der Waals surface area (Å²) < 4.78 is 20.5. The van der Waals surface area contributed by atoms with Crippen LogP contribution < -0.4 is 10.5 Å². The Bertz CT molecular complexity index is 830. The zero-order valence-electron chi connectivity index (χ0n) is 13.5. The standard InChI is InChI=1S/C19H19FN2O2/c1-10-2-5-12(15(20)8-10)14-9-16(18(21)23)22-19-13(14)6-7-17(24-19)11-3-4-11/h2,5,8-9,11,17H,3-4,6-7H2,1H3,(H2,21,23)/t17-/m1/s1. The monoisotopic (exact) mass is 326 g/mol. The number of carbonyl (C=O) groups excluding carboxylic acids is 1. The molecule has 1 aliphatic carbocycles. The van der Waals surface area contributed by atoms with Crippen molar-refractivity contribution in [2.75, 3.05) is 0 Å². The molecule has 1 amide bonds. The van der Waals surface area contributed by atoms with Gasteiger partial charge in [0, 0.05) is 11.1 Å². The van der Waals surface area contributed by atoms with Crippen LogP contribution in [0.2, 0.25) is 0 Å². The second-order valence-electron chi connectivity index (χ2n) is 6.72. The number of benzene rings is 1. The minimum atomic E-state index is -0.635. The second-order valence-corrected chi connectivity index (χ2v) is 6.72. The molecule has 2 heterocycles. The summed E-state index contributed by atoms with van der Waals surface area (Å²) in [5.41, 5.74) is 8.34. The summed E-state index contributed by atoms with van der Waals surface area (Å²) >= 11 is 0. The molecule has 2 aromatic rings. The molecule has 4 rings (SSSR count). The van der Waals surface area contributed by atoms with E-state index in [0.29, 0.717) is 22.9 Å². The van der Waals surface area contributed by atoms with Crippen LogP contribution in [-0.2, 0) is 6.42 Å². The molecule has 0 radical (unpaired) electrons. The first-order valence-corrected chi connectivity index (χ1v) is 8.30. The lowest BCUT2D eigenvalue weighted by molar-refractivity contribution is 0.0990. The van der Waals surface area contributed by atoms with E-state index < -0.39 is 5.91 Å². The Balaban J connectivity index is 1.85. The molecular weight excluding hydrogens is 307 g/mol. The number of halogens is 1. The number of rotatable bonds is 3. The third-order valence-electron chi connectivity index (χ3n) is 4.84. The molecule has 0 bridgehead atoms. The van der Waals surface area contributed by atoms with Crippen molar-refractivity contribution in [3.8, 4) is 17.0 Å². The van der Waals surface area contributed by atoms with E-state index in [1.165, 1.54) is 18.9 Å². The van der Waals surface area contributed by atoms with Crippen LogP contribution in [0.4, 0.5) is 4.39 Å². The van der Waals surface area contributed by atoms with Gasteiger partial charge in [0.25, 0.3) is 5.91 Å². The normalized spacial score (nSPS) is 19.5. The summed E-state index contributed by atoms with van der Waals surface area (Å²) in [5.74, 6) is 0.0630. The van der Waals surface area contributed by atoms with Crippen molar-refractivity contribution < 1.29 is 13.9 Å². The van der Waals surface area contributed by atoms with E-state index >= 15 is 0 Å². The first-order chi connectivity index (χ1) is 11.5. The molecular formula is C19H19FN2O2. The smallest absolute Gasteiger partial charge is 0.267 e. The molecule has 4 nitrogen and oxygen atoms in total. The SMILES string of the molecule is Cc1ccc(-c2cc(C(N)=O)nc3c2CC[C@H](C2CC2)O3)c(F)c1. The number of fused-ring (bicyclic) bond motifs is 1. The van der Waals surface area contributed by atoms with Crippen LogP contribution in [0, 0.1) is 18.7 Å². The van der Waals surface area contributed by atoms with Crippen molar-refractivity contribution in [3.63, 3.8) is 0 Å². The predicted molar refractivity (Wildman–Crippen MR) is 88.3 cm³/mol. The molecule has 2 N–H and O–H groups in total. The van der Waals surface area contributed by atoms with Crippen LogP contribution >= 0.6 is 0 Å². The average Bonchev–Trinajstić information content (AvgIpc) is 3.38. The molecule has 1 aromatic heterocycles. The van der Waals surface area contributed by atoms with Gasteiger partial charge >= 0.3 is 0 Å². The van der Waals surface area contributed by atoms with Crippen LogP contribution in [-0.4, -0.2) is 17.0 Å². The first kappa shape index (κ1) is 15.1. The molecule has 1 saturated carbocycles. The van der Waals surface area contributed by atoms with E-state index in [2.05, 4.69) is 4.98 Å². The quantitative estimate of drug-likeness (QED) is 0.940. The average molecular weight is 326 g/mol. The van der Waals surface area contributed by atoms with Crippen LogP contribution in [0.5, 0.6) is 5.88 Å². The Hall–Kier alpha value is -2.43. The van der Waals surface area contributed by atoms with Crippen molar-refractivity contribution in [2.45, 2.75) is 38.7 Å². The van der Waals surface area contributed by atoms with Crippen LogP contribution in [0.3, 0.4) is 0 Å². The molecule has 1 aliphatic heterocycles. The Labute approximate surface area is 139 Å². The Morgan fingerprint density at radius 3 is 2.71 bits per heavy atom. The summed E-state index contributed by atoms with van der Waals surface area (Å²) in [7, 11) is 0. The summed E-state index contributed by atoms with van der Waals surface area (Å²) in [6.07, 6.45) is 4.16. The summed E-state index contributed by atoms with van der Waals surface area (Å²) in [6, 6.07) is 6.66. The van der Waals surface area contributed by atoms with Crippen molar-refractivity contribution in [1.29, 1.82) is 0 Å². The van der Waals surface area contributed by atoms with Gasteiger partial charge in [-0.2, -0.15) is 0 Å². The first-order valence-electron chi connectivity index (χ1n) is 8.30. The lowest BCUT2D eigenvalue weighted by Crippen LogP contribution is -2.27. The van der Waals surface area contributed by atoms with Gasteiger partial charge in [-0.25, -0.2) is 9.37 Å². The van der Waals surface area contributed by atoms with Gasteiger partial charge in [-0.15, -0.1) is 0 Å². The number of amides is 1. The minimum Gasteiger partial charge on any atom is -0.474 e. The maximum atomic E-state index is 14.5. The van der Waals surface area contributed by atoms with E-state index in [4.69, 9.17) is 10.5 Å². The molecule has 1 atom stereocenters. The van der Waals surface area contributed by atoms with Gasteiger partial charge < -0.3 is 10.5 Å². The molecule has 0 saturated heterocycles. The molecule has 1 aromatic carbocycles. The van der Waals surface area contributed by atoms with Gasteiger partial charge in [-0.1, -0.05) is 12.1 Å². The van der Waals surface area contributed by atoms with Gasteiger partial charge in [-0.05, 0) is 61.8 Å². The van der Waals surface area contributed by atoms with E-state index in [1.807, 2.05) is 13.0 Å². The molecule has 2 aliphatic rings. The third-order valence-corrected chi connectivity index (χ3v) is 4.84. The summed E-state index contributed by atoms with van der Waals surface area (Å²) in [5, 5.41) is 0. The Kier molecular flexibility index (Phi) is 3.52. The highest BCUT2D eigenvalue weighted by Gasteiger charge is 2.36. The summed E-state index contributed by atoms with van der Waals surface area (Å²) in [6.45, 7) is 1.84. The van der Waals surface area contributed by atoms with Crippen molar-refractivity contribution in [3.05, 3.63) is 46.9 Å². The fraction of sp³-hybridized carbons (Fsp3) is 0.368. The molecule has 124 valence electrons. The maximum absolute atomic E-state index is 14.5. The Morgan fingerprint density at radius 1 is 1.25 bits per heavy atom. The molecule has 0 unspecified atom stereocenters. The van der Waals surface area contributed by atoms with Crippen LogP contribution in [0.25, 0.3) is 11.1 Å². The maximum Gasteiger partial charge on any atom is 0.267 e. The fourth-order valence-electron chi connectivity index (χ4n) is 3.38. The number of aromatic nitrogens is 1. The number of hydrogen-bond donors (Lipinski definition) is 1. The predicted octanol–water partition coefficient (Wildman–Crippen LogP) is 3.40. The molecule has 24 heavy (non-hydrogen) atoms. The number of hydrogen-bond acceptors (Lipinski definition) is 3. The highest BCUT2D eigenvalue weighted by molar-refractivity contribution is 5.93. The van der Waals surface area contributed by atoms with Gasteiger partial charge in [0.1, 0.15) is 17.6 Å². The number of nitrogens with zero attached hydrogens (tertiary/aromatic N) is 1. The third kappa shape index (κ3) is 2.64. The van der Waals surface area contributed by atoms with Gasteiger partial charge in [0.05, 0.1) is 0 Å². The number of aryl methyl sites for hydroxylation is 1. The van der Waals surface area contributed by atoms with E-state index in [9.17, 15) is 9.18 Å². The largest absolute Gasteiger partial charge is 0.474 e. The lowest BCUT2D eigenvalue weighted by atomic mass is 9.92. The number of ether oxygens (including phenoxy) is 1. The number of primary amides is 1. The van der Waals surface area contributed by atoms with Crippen molar-refractivity contribution >= 4 is 5.91 Å². The Morgan fingerprint density at radius 2 is 2.04 bits per heavy atom. The lowest BCUT2D eigenvalue weighted by Gasteiger charge is -2.27. The number of pyridine rings is 1. The number of nitrogens with two attached hydrogens (primary N) is 1. The highest BCUT2D eigenvalue weighted by Crippen LogP contribution is 2.42. The highest BCUT2D eigenvalue weighted by atomic mass is 19.1. The van der Waals surface area contributed by atoms with Gasteiger partial charge in [0.15, 0.2) is 0 Å². The van der Waals surface area contributed by atoms with Crippen molar-refractivity contribution in [1.82, 2.24) is 4.98 Å². The van der Waals surface area contributed by atoms with Crippen LogP contribution in [0.15, 0.2) is 24.3 Å². The molecule has 0 spiro atoms. The molecule has 5 heteroatoms. The van der Waals surface area contributed by atoms with E-state index in [-0.39, 0.29) is 17.6 Å². The number of carbonyl (C=O) groups is 1.